The molecule has 2 rings (SSSR count). The van der Waals surface area contributed by atoms with Crippen LogP contribution in [-0.2, 0) is 0 Å². The molecule has 2 N–H and O–H groups in total. The molecule has 1 aromatic rings. The molecule has 0 bridgehead atoms. The van der Waals surface area contributed by atoms with Crippen LogP contribution in [0.5, 0.6) is 0 Å². The molecule has 0 spiro atoms. The second kappa shape index (κ2) is 5.95. The molecule has 0 heterocycles. The van der Waals surface area contributed by atoms with E-state index in [9.17, 15) is 0 Å². The summed E-state index contributed by atoms with van der Waals surface area (Å²) in [5, 5.41) is 2.01. The van der Waals surface area contributed by atoms with Gasteiger partial charge >= 0.3 is 0 Å². The number of nitrogens with two attached hydrogens (primary N) is 1. The second-order valence-corrected chi connectivity index (χ2v) is 6.27. The van der Waals surface area contributed by atoms with Crippen molar-refractivity contribution in [2.75, 3.05) is 6.54 Å². The summed E-state index contributed by atoms with van der Waals surface area (Å²) in [6.07, 6.45) is 5.46. The average Bonchev–Trinajstić information content (AvgIpc) is 2.78. The van der Waals surface area contributed by atoms with Crippen molar-refractivity contribution in [1.82, 2.24) is 0 Å². The Hall–Kier alpha value is -0.180. The van der Waals surface area contributed by atoms with Crippen molar-refractivity contribution < 1.29 is 0 Å². The van der Waals surface area contributed by atoms with Crippen LogP contribution in [0.1, 0.15) is 36.5 Å². The van der Waals surface area contributed by atoms with Gasteiger partial charge in [0, 0.05) is 22.1 Å². The maximum atomic E-state index is 6.01. The summed E-state index contributed by atoms with van der Waals surface area (Å²) in [5.74, 6) is 0. The lowest BCUT2D eigenvalue weighted by Crippen LogP contribution is -2.12. The maximum absolute atomic E-state index is 6.01. The summed E-state index contributed by atoms with van der Waals surface area (Å²) in [6.45, 7) is 0.696. The first-order valence-corrected chi connectivity index (χ1v) is 7.22. The molecule has 0 aliphatic heterocycles. The maximum Gasteiger partial charge on any atom is 0.0422 e. The number of hydrogen-bond acceptors (Lipinski definition) is 2. The standard InChI is InChI=1S/C13H18ClNS/c14-11-5-3-4-10(8-11)13(9-15)16-12-6-1-2-7-12/h3-5,8,12-13H,1-2,6-7,9,15H2. The van der Waals surface area contributed by atoms with Crippen molar-refractivity contribution in [3.05, 3.63) is 34.9 Å². The molecule has 1 unspecified atom stereocenters. The van der Waals surface area contributed by atoms with Crippen LogP contribution in [0.15, 0.2) is 24.3 Å². The molecule has 1 fully saturated rings. The minimum atomic E-state index is 0.404. The molecule has 88 valence electrons. The van der Waals surface area contributed by atoms with Gasteiger partial charge < -0.3 is 5.73 Å². The Balaban J connectivity index is 2.03. The van der Waals surface area contributed by atoms with Gasteiger partial charge in [-0.2, -0.15) is 0 Å². The predicted molar refractivity (Wildman–Crippen MR) is 73.1 cm³/mol. The van der Waals surface area contributed by atoms with E-state index in [1.165, 1.54) is 31.2 Å². The van der Waals surface area contributed by atoms with Gasteiger partial charge in [0.25, 0.3) is 0 Å². The second-order valence-electron chi connectivity index (χ2n) is 4.32. The van der Waals surface area contributed by atoms with E-state index in [2.05, 4.69) is 6.07 Å². The van der Waals surface area contributed by atoms with Gasteiger partial charge in [-0.15, -0.1) is 11.8 Å². The molecule has 1 nitrogen and oxygen atoms in total. The Bertz CT molecular complexity index is 336. The lowest BCUT2D eigenvalue weighted by atomic mass is 10.1. The van der Waals surface area contributed by atoms with Gasteiger partial charge in [-0.1, -0.05) is 36.6 Å². The zero-order valence-corrected chi connectivity index (χ0v) is 10.9. The first kappa shape index (κ1) is 12.3. The van der Waals surface area contributed by atoms with E-state index in [-0.39, 0.29) is 0 Å². The van der Waals surface area contributed by atoms with Gasteiger partial charge in [-0.05, 0) is 30.5 Å². The van der Waals surface area contributed by atoms with E-state index in [1.54, 1.807) is 0 Å². The van der Waals surface area contributed by atoms with Gasteiger partial charge in [0.1, 0.15) is 0 Å². The molecule has 1 aromatic carbocycles. The molecule has 0 amide bonds. The Kier molecular flexibility index (Phi) is 4.56. The highest BCUT2D eigenvalue weighted by atomic mass is 35.5. The van der Waals surface area contributed by atoms with Crippen molar-refractivity contribution in [3.8, 4) is 0 Å². The predicted octanol–water partition coefficient (Wildman–Crippen LogP) is 4.02. The van der Waals surface area contributed by atoms with Crippen LogP contribution >= 0.6 is 23.4 Å². The fraction of sp³-hybridized carbons (Fsp3) is 0.538. The Labute approximate surface area is 107 Å². The minimum absolute atomic E-state index is 0.404. The number of rotatable bonds is 4. The molecule has 1 atom stereocenters. The van der Waals surface area contributed by atoms with Crippen molar-refractivity contribution >= 4 is 23.4 Å². The van der Waals surface area contributed by atoms with E-state index < -0.39 is 0 Å². The van der Waals surface area contributed by atoms with Gasteiger partial charge in [-0.25, -0.2) is 0 Å². The highest BCUT2D eigenvalue weighted by molar-refractivity contribution is 8.00. The normalized spacial score (nSPS) is 18.9. The van der Waals surface area contributed by atoms with E-state index in [0.717, 1.165) is 10.3 Å². The highest BCUT2D eigenvalue weighted by Gasteiger charge is 2.20. The average molecular weight is 256 g/mol. The lowest BCUT2D eigenvalue weighted by molar-refractivity contribution is 0.873. The van der Waals surface area contributed by atoms with Crippen LogP contribution in [0, 0.1) is 0 Å². The zero-order valence-electron chi connectivity index (χ0n) is 9.36. The Morgan fingerprint density at radius 3 is 2.75 bits per heavy atom. The molecule has 1 aliphatic carbocycles. The SMILES string of the molecule is NCC(SC1CCCC1)c1cccc(Cl)c1. The van der Waals surface area contributed by atoms with Gasteiger partial charge in [0.05, 0.1) is 0 Å². The van der Waals surface area contributed by atoms with Crippen LogP contribution in [0.3, 0.4) is 0 Å². The van der Waals surface area contributed by atoms with Gasteiger partial charge in [-0.3, -0.25) is 0 Å². The lowest BCUT2D eigenvalue weighted by Gasteiger charge is -2.19. The fourth-order valence-corrected chi connectivity index (χ4v) is 3.92. The van der Waals surface area contributed by atoms with Crippen LogP contribution in [0.4, 0.5) is 0 Å². The first-order valence-electron chi connectivity index (χ1n) is 5.90. The topological polar surface area (TPSA) is 26.0 Å². The highest BCUT2D eigenvalue weighted by Crippen LogP contribution is 2.39. The van der Waals surface area contributed by atoms with Crippen molar-refractivity contribution in [2.24, 2.45) is 5.73 Å². The molecule has 1 aliphatic rings. The molecular weight excluding hydrogens is 238 g/mol. The summed E-state index contributed by atoms with van der Waals surface area (Å²) < 4.78 is 0. The molecule has 0 saturated heterocycles. The van der Waals surface area contributed by atoms with Crippen molar-refractivity contribution in [3.63, 3.8) is 0 Å². The summed E-state index contributed by atoms with van der Waals surface area (Å²) in [4.78, 5) is 0. The van der Waals surface area contributed by atoms with Crippen molar-refractivity contribution in [1.29, 1.82) is 0 Å². The fourth-order valence-electron chi connectivity index (χ4n) is 2.23. The third-order valence-corrected chi connectivity index (χ3v) is 4.98. The molecule has 0 aromatic heterocycles. The Morgan fingerprint density at radius 2 is 2.12 bits per heavy atom. The molecular formula is C13H18ClNS. The molecule has 3 heteroatoms. The van der Waals surface area contributed by atoms with E-state index in [1.807, 2.05) is 30.0 Å². The minimum Gasteiger partial charge on any atom is -0.329 e. The van der Waals surface area contributed by atoms with Crippen LogP contribution < -0.4 is 5.73 Å². The smallest absolute Gasteiger partial charge is 0.0422 e. The number of benzene rings is 1. The summed E-state index contributed by atoms with van der Waals surface area (Å²) in [7, 11) is 0. The summed E-state index contributed by atoms with van der Waals surface area (Å²) in [5.41, 5.74) is 7.14. The number of hydrogen-bond donors (Lipinski definition) is 1. The van der Waals surface area contributed by atoms with Crippen LogP contribution in [0.2, 0.25) is 5.02 Å². The third kappa shape index (κ3) is 3.16. The monoisotopic (exact) mass is 255 g/mol. The zero-order chi connectivity index (χ0) is 11.4. The van der Waals surface area contributed by atoms with Gasteiger partial charge in [0.15, 0.2) is 0 Å². The van der Waals surface area contributed by atoms with Gasteiger partial charge in [0.2, 0.25) is 0 Å². The van der Waals surface area contributed by atoms with E-state index in [0.29, 0.717) is 11.8 Å². The largest absolute Gasteiger partial charge is 0.329 e. The quantitative estimate of drug-likeness (QED) is 0.880. The molecule has 1 saturated carbocycles. The first-order chi connectivity index (χ1) is 7.79. The number of thioether (sulfide) groups is 1. The molecule has 16 heavy (non-hydrogen) atoms. The van der Waals surface area contributed by atoms with Crippen LogP contribution in [-0.4, -0.2) is 11.8 Å². The third-order valence-electron chi connectivity index (χ3n) is 3.09. The number of halogens is 1. The van der Waals surface area contributed by atoms with Crippen molar-refractivity contribution in [2.45, 2.75) is 36.2 Å². The summed E-state index contributed by atoms with van der Waals surface area (Å²) >= 11 is 8.04. The van der Waals surface area contributed by atoms with E-state index in [4.69, 9.17) is 17.3 Å². The summed E-state index contributed by atoms with van der Waals surface area (Å²) in [6, 6.07) is 8.10. The van der Waals surface area contributed by atoms with E-state index >= 15 is 0 Å². The molecule has 0 radical (unpaired) electrons. The Morgan fingerprint density at radius 1 is 1.38 bits per heavy atom. The van der Waals surface area contributed by atoms with Crippen LogP contribution in [0.25, 0.3) is 0 Å².